The molecule has 118 valence electrons. The summed E-state index contributed by atoms with van der Waals surface area (Å²) in [6.45, 7) is 0. The maximum Gasteiger partial charge on any atom is 1.00 e. The third kappa shape index (κ3) is 6.41. The topological polar surface area (TPSA) is 114 Å². The van der Waals surface area contributed by atoms with Crippen LogP contribution in [0.2, 0.25) is 0 Å². The fourth-order valence-electron chi connectivity index (χ4n) is 1.85. The minimum atomic E-state index is -4.83. The van der Waals surface area contributed by atoms with Crippen molar-refractivity contribution in [2.45, 2.75) is 9.79 Å². The van der Waals surface area contributed by atoms with Crippen molar-refractivity contribution in [1.82, 2.24) is 0 Å². The van der Waals surface area contributed by atoms with Crippen LogP contribution in [0, 0.1) is 7.14 Å². The molecule has 2 aromatic carbocycles. The molecule has 0 atom stereocenters. The SMILES string of the molecule is O=S(=O)([O-])c1cc(I)ccc1-c1ccc(I)cc1S(=O)(=O)[O-].[Na+].[Na+]. The van der Waals surface area contributed by atoms with Gasteiger partial charge in [0.25, 0.3) is 0 Å². The molecule has 24 heavy (non-hydrogen) atoms. The molecule has 0 aromatic heterocycles. The van der Waals surface area contributed by atoms with Crippen molar-refractivity contribution >= 4 is 65.4 Å². The van der Waals surface area contributed by atoms with E-state index in [2.05, 4.69) is 0 Å². The molecule has 0 aliphatic heterocycles. The Labute approximate surface area is 211 Å². The van der Waals surface area contributed by atoms with Crippen LogP contribution in [0.3, 0.4) is 0 Å². The van der Waals surface area contributed by atoms with Gasteiger partial charge >= 0.3 is 59.1 Å². The fourth-order valence-corrected chi connectivity index (χ4v) is 4.69. The molecule has 0 unspecified atom stereocenters. The van der Waals surface area contributed by atoms with Crippen molar-refractivity contribution in [3.8, 4) is 11.1 Å². The smallest absolute Gasteiger partial charge is 0.744 e. The monoisotopic (exact) mass is 610 g/mol. The van der Waals surface area contributed by atoms with Crippen molar-refractivity contribution in [3.63, 3.8) is 0 Å². The maximum absolute atomic E-state index is 11.4. The van der Waals surface area contributed by atoms with Crippen molar-refractivity contribution < 1.29 is 85.1 Å². The zero-order chi connectivity index (χ0) is 16.7. The molecular weight excluding hydrogens is 604 g/mol. The third-order valence-corrected chi connectivity index (χ3v) is 5.81. The summed E-state index contributed by atoms with van der Waals surface area (Å²) in [7, 11) is -9.66. The first-order valence-corrected chi connectivity index (χ1v) is 10.5. The average molecular weight is 610 g/mol. The standard InChI is InChI=1S/C12H8I2O6S2.2Na/c13-7-1-3-9(11(5-7)21(15,16)17)10-4-2-8(14)6-12(10)22(18,19)20;;/h1-6H,(H,15,16,17)(H,18,19,20);;/q;2*+1/p-2. The summed E-state index contributed by atoms with van der Waals surface area (Å²) in [5.74, 6) is 0. The van der Waals surface area contributed by atoms with Gasteiger partial charge in [0.15, 0.2) is 0 Å². The molecule has 2 aromatic rings. The van der Waals surface area contributed by atoms with Gasteiger partial charge in [-0.05, 0) is 69.4 Å². The summed E-state index contributed by atoms with van der Waals surface area (Å²) in [6, 6.07) is 7.93. The van der Waals surface area contributed by atoms with Gasteiger partial charge < -0.3 is 9.11 Å². The van der Waals surface area contributed by atoms with E-state index in [1.54, 1.807) is 0 Å². The van der Waals surface area contributed by atoms with Crippen molar-refractivity contribution in [2.75, 3.05) is 0 Å². The average Bonchev–Trinajstić information content (AvgIpc) is 2.37. The molecule has 12 heteroatoms. The zero-order valence-electron chi connectivity index (χ0n) is 12.5. The summed E-state index contributed by atoms with van der Waals surface area (Å²) in [5, 5.41) is 0. The van der Waals surface area contributed by atoms with Gasteiger partial charge in [0.2, 0.25) is 0 Å². The fraction of sp³-hybridized carbons (Fsp3) is 0. The summed E-state index contributed by atoms with van der Waals surface area (Å²) in [4.78, 5) is -1.13. The first kappa shape index (κ1) is 25.7. The number of benzene rings is 2. The molecule has 0 amide bonds. The number of hydrogen-bond acceptors (Lipinski definition) is 6. The van der Waals surface area contributed by atoms with Gasteiger partial charge in [-0.1, -0.05) is 12.1 Å². The van der Waals surface area contributed by atoms with Crippen LogP contribution in [0.5, 0.6) is 0 Å². The first-order chi connectivity index (χ1) is 10.00. The van der Waals surface area contributed by atoms with E-state index in [1.807, 2.05) is 45.2 Å². The van der Waals surface area contributed by atoms with E-state index in [9.17, 15) is 25.9 Å². The molecule has 0 radical (unpaired) electrons. The maximum atomic E-state index is 11.4. The molecular formula is C12H6I2Na2O6S2. The van der Waals surface area contributed by atoms with E-state index in [1.165, 1.54) is 24.3 Å². The minimum absolute atomic E-state index is 0. The third-order valence-electron chi connectivity index (χ3n) is 2.72. The molecule has 0 aliphatic rings. The molecule has 0 bridgehead atoms. The van der Waals surface area contributed by atoms with Gasteiger partial charge in [-0.2, -0.15) is 0 Å². The van der Waals surface area contributed by atoms with E-state index >= 15 is 0 Å². The van der Waals surface area contributed by atoms with E-state index in [0.29, 0.717) is 7.14 Å². The summed E-state index contributed by atoms with van der Waals surface area (Å²) >= 11 is 3.65. The van der Waals surface area contributed by atoms with Crippen LogP contribution < -0.4 is 59.1 Å². The minimum Gasteiger partial charge on any atom is -0.744 e. The second-order valence-corrected chi connectivity index (χ2v) is 9.38. The van der Waals surface area contributed by atoms with Gasteiger partial charge in [-0.25, -0.2) is 16.8 Å². The van der Waals surface area contributed by atoms with Gasteiger partial charge in [-0.3, -0.25) is 0 Å². The van der Waals surface area contributed by atoms with Crippen LogP contribution in [0.25, 0.3) is 11.1 Å². The van der Waals surface area contributed by atoms with Crippen LogP contribution in [0.15, 0.2) is 46.2 Å². The zero-order valence-corrected chi connectivity index (χ0v) is 22.4. The molecule has 0 saturated heterocycles. The van der Waals surface area contributed by atoms with E-state index in [0.717, 1.165) is 12.1 Å². The molecule has 0 saturated carbocycles. The van der Waals surface area contributed by atoms with Gasteiger partial charge in [-0.15, -0.1) is 0 Å². The van der Waals surface area contributed by atoms with E-state index in [4.69, 9.17) is 0 Å². The van der Waals surface area contributed by atoms with Crippen molar-refractivity contribution in [2.24, 2.45) is 0 Å². The molecule has 0 N–H and O–H groups in total. The Hall–Kier alpha value is 1.72. The molecule has 0 aliphatic carbocycles. The van der Waals surface area contributed by atoms with Crippen molar-refractivity contribution in [3.05, 3.63) is 43.5 Å². The Bertz CT molecular complexity index is 882. The second kappa shape index (κ2) is 9.78. The molecule has 0 fully saturated rings. The summed E-state index contributed by atoms with van der Waals surface area (Å²) in [5.41, 5.74) is -0.220. The number of rotatable bonds is 3. The predicted octanol–water partition coefficient (Wildman–Crippen LogP) is -3.62. The Morgan fingerprint density at radius 1 is 0.667 bits per heavy atom. The van der Waals surface area contributed by atoms with Crippen LogP contribution in [-0.4, -0.2) is 25.9 Å². The van der Waals surface area contributed by atoms with Gasteiger partial charge in [0, 0.05) is 18.3 Å². The van der Waals surface area contributed by atoms with Crippen LogP contribution in [0.4, 0.5) is 0 Å². The van der Waals surface area contributed by atoms with Crippen LogP contribution >= 0.6 is 45.2 Å². The quantitative estimate of drug-likeness (QED) is 0.202. The van der Waals surface area contributed by atoms with Crippen LogP contribution in [0.1, 0.15) is 0 Å². The van der Waals surface area contributed by atoms with Crippen LogP contribution in [-0.2, 0) is 20.2 Å². The number of halogens is 2. The Kier molecular flexibility index (Phi) is 10.5. The molecule has 0 heterocycles. The summed E-state index contributed by atoms with van der Waals surface area (Å²) in [6.07, 6.45) is 0. The first-order valence-electron chi connectivity index (χ1n) is 5.51. The Morgan fingerprint density at radius 3 is 1.21 bits per heavy atom. The normalized spacial score (nSPS) is 11.3. The largest absolute Gasteiger partial charge is 1.00 e. The Morgan fingerprint density at radius 2 is 0.958 bits per heavy atom. The molecule has 2 rings (SSSR count). The summed E-state index contributed by atoms with van der Waals surface area (Å²) < 4.78 is 69.5. The molecule has 6 nitrogen and oxygen atoms in total. The van der Waals surface area contributed by atoms with E-state index in [-0.39, 0.29) is 70.2 Å². The Balaban J connectivity index is 0.00000264. The predicted molar refractivity (Wildman–Crippen MR) is 93.2 cm³/mol. The van der Waals surface area contributed by atoms with E-state index < -0.39 is 30.0 Å². The molecule has 0 spiro atoms. The number of hydrogen-bond donors (Lipinski definition) is 0. The van der Waals surface area contributed by atoms with Gasteiger partial charge in [0.1, 0.15) is 20.2 Å². The van der Waals surface area contributed by atoms with Crippen molar-refractivity contribution in [1.29, 1.82) is 0 Å². The van der Waals surface area contributed by atoms with Gasteiger partial charge in [0.05, 0.1) is 9.79 Å². The second-order valence-electron chi connectivity index (χ2n) is 4.19.